The van der Waals surface area contributed by atoms with Crippen LogP contribution in [0.25, 0.3) is 11.0 Å². The number of pyridine rings is 1. The highest BCUT2D eigenvalue weighted by Crippen LogP contribution is 2.20. The second kappa shape index (κ2) is 4.53. The van der Waals surface area contributed by atoms with Gasteiger partial charge in [0.2, 0.25) is 0 Å². The number of nitrogens with zero attached hydrogens (tertiary/aromatic N) is 3. The van der Waals surface area contributed by atoms with Crippen molar-refractivity contribution in [1.29, 1.82) is 0 Å². The van der Waals surface area contributed by atoms with Crippen LogP contribution >= 0.6 is 0 Å². The normalized spacial score (nSPS) is 10.6. The average molecular weight is 252 g/mol. The minimum atomic E-state index is -0.0908. The fraction of sp³-hybridized carbons (Fsp3) is 0.0714. The van der Waals surface area contributed by atoms with Crippen molar-refractivity contribution >= 4 is 22.6 Å². The second-order valence-electron chi connectivity index (χ2n) is 4.21. The summed E-state index contributed by atoms with van der Waals surface area (Å²) in [5.74, 6) is -0.0908. The molecule has 3 aromatic rings. The molecule has 0 radical (unpaired) electrons. The molecule has 1 N–H and O–H groups in total. The molecule has 5 nitrogen and oxygen atoms in total. The summed E-state index contributed by atoms with van der Waals surface area (Å²) in [6.45, 7) is 0. The Labute approximate surface area is 109 Å². The summed E-state index contributed by atoms with van der Waals surface area (Å²) in [5.41, 5.74) is 3.16. The van der Waals surface area contributed by atoms with E-state index in [9.17, 15) is 4.79 Å². The van der Waals surface area contributed by atoms with E-state index in [-0.39, 0.29) is 5.91 Å². The first-order valence-corrected chi connectivity index (χ1v) is 5.87. The van der Waals surface area contributed by atoms with Crippen LogP contribution in [-0.4, -0.2) is 27.9 Å². The van der Waals surface area contributed by atoms with Crippen LogP contribution in [0, 0.1) is 0 Å². The number of aromatic amines is 1. The number of nitrogens with one attached hydrogen (secondary N) is 1. The molecule has 2 aromatic heterocycles. The molecule has 2 heterocycles. The lowest BCUT2D eigenvalue weighted by molar-refractivity contribution is 0.0992. The van der Waals surface area contributed by atoms with E-state index in [4.69, 9.17) is 0 Å². The Morgan fingerprint density at radius 2 is 2.21 bits per heavy atom. The molecule has 94 valence electrons. The number of imidazole rings is 1. The van der Waals surface area contributed by atoms with Crippen molar-refractivity contribution in [1.82, 2.24) is 15.0 Å². The van der Waals surface area contributed by atoms with Gasteiger partial charge in [-0.05, 0) is 30.3 Å². The number of amides is 1. The molecule has 0 aliphatic heterocycles. The van der Waals surface area contributed by atoms with Gasteiger partial charge < -0.3 is 9.88 Å². The van der Waals surface area contributed by atoms with Crippen molar-refractivity contribution in [3.05, 3.63) is 54.6 Å². The Bertz CT molecular complexity index is 720. The van der Waals surface area contributed by atoms with Gasteiger partial charge in [0.25, 0.3) is 5.91 Å². The fourth-order valence-corrected chi connectivity index (χ4v) is 1.93. The molecule has 0 aliphatic carbocycles. The predicted molar refractivity (Wildman–Crippen MR) is 73.1 cm³/mol. The van der Waals surface area contributed by atoms with Crippen LogP contribution in [0.5, 0.6) is 0 Å². The third-order valence-corrected chi connectivity index (χ3v) is 3.00. The van der Waals surface area contributed by atoms with Crippen LogP contribution in [0.2, 0.25) is 0 Å². The Hall–Kier alpha value is -2.69. The number of carbonyl (C=O) groups is 1. The monoisotopic (exact) mass is 252 g/mol. The second-order valence-corrected chi connectivity index (χ2v) is 4.21. The van der Waals surface area contributed by atoms with E-state index in [2.05, 4.69) is 15.0 Å². The summed E-state index contributed by atoms with van der Waals surface area (Å²) in [7, 11) is 1.74. The lowest BCUT2D eigenvalue weighted by Gasteiger charge is -2.17. The van der Waals surface area contributed by atoms with E-state index in [1.165, 1.54) is 0 Å². The molecule has 0 unspecified atom stereocenters. The first-order valence-electron chi connectivity index (χ1n) is 5.87. The van der Waals surface area contributed by atoms with Gasteiger partial charge in [-0.2, -0.15) is 0 Å². The minimum Gasteiger partial charge on any atom is -0.345 e. The van der Waals surface area contributed by atoms with Crippen LogP contribution in [0.1, 0.15) is 10.4 Å². The quantitative estimate of drug-likeness (QED) is 0.760. The zero-order valence-electron chi connectivity index (χ0n) is 10.4. The van der Waals surface area contributed by atoms with E-state index in [1.54, 1.807) is 42.8 Å². The van der Waals surface area contributed by atoms with Gasteiger partial charge in [0.1, 0.15) is 0 Å². The molecule has 1 aromatic carbocycles. The molecular formula is C14H12N4O. The van der Waals surface area contributed by atoms with E-state index in [0.717, 1.165) is 16.7 Å². The number of H-pyrrole nitrogens is 1. The Balaban J connectivity index is 1.94. The van der Waals surface area contributed by atoms with Crippen molar-refractivity contribution in [3.63, 3.8) is 0 Å². The molecule has 0 saturated carbocycles. The summed E-state index contributed by atoms with van der Waals surface area (Å²) in [4.78, 5) is 25.0. The molecule has 0 atom stereocenters. The molecule has 5 heteroatoms. The number of rotatable bonds is 2. The molecule has 0 saturated heterocycles. The molecule has 0 aliphatic rings. The smallest absolute Gasteiger partial charge is 0.259 e. The Morgan fingerprint density at radius 3 is 3.00 bits per heavy atom. The number of aromatic nitrogens is 3. The molecule has 0 spiro atoms. The first kappa shape index (κ1) is 11.4. The van der Waals surface area contributed by atoms with Gasteiger partial charge in [-0.1, -0.05) is 0 Å². The van der Waals surface area contributed by atoms with Gasteiger partial charge in [-0.25, -0.2) is 4.98 Å². The maximum Gasteiger partial charge on any atom is 0.259 e. The number of fused-ring (bicyclic) bond motifs is 1. The zero-order valence-corrected chi connectivity index (χ0v) is 10.4. The van der Waals surface area contributed by atoms with Gasteiger partial charge in [0, 0.05) is 25.1 Å². The van der Waals surface area contributed by atoms with Crippen molar-refractivity contribution in [2.45, 2.75) is 0 Å². The first-order chi connectivity index (χ1) is 9.25. The van der Waals surface area contributed by atoms with Crippen molar-refractivity contribution < 1.29 is 4.79 Å². The van der Waals surface area contributed by atoms with E-state index in [1.807, 2.05) is 18.2 Å². The predicted octanol–water partition coefficient (Wildman–Crippen LogP) is 2.23. The van der Waals surface area contributed by atoms with Crippen molar-refractivity contribution in [2.75, 3.05) is 11.9 Å². The molecule has 0 bridgehead atoms. The molecular weight excluding hydrogens is 240 g/mol. The van der Waals surface area contributed by atoms with Gasteiger partial charge in [0.15, 0.2) is 0 Å². The third kappa shape index (κ3) is 2.06. The summed E-state index contributed by atoms with van der Waals surface area (Å²) in [5, 5.41) is 0. The topological polar surface area (TPSA) is 61.9 Å². The lowest BCUT2D eigenvalue weighted by atomic mass is 10.2. The van der Waals surface area contributed by atoms with Crippen LogP contribution in [-0.2, 0) is 0 Å². The summed E-state index contributed by atoms with van der Waals surface area (Å²) in [6, 6.07) is 9.15. The summed E-state index contributed by atoms with van der Waals surface area (Å²) < 4.78 is 0. The molecule has 0 fully saturated rings. The number of carbonyl (C=O) groups excluding carboxylic acids is 1. The van der Waals surface area contributed by atoms with Gasteiger partial charge >= 0.3 is 0 Å². The van der Waals surface area contributed by atoms with Crippen molar-refractivity contribution in [3.8, 4) is 0 Å². The number of anilines is 1. The fourth-order valence-electron chi connectivity index (χ4n) is 1.93. The van der Waals surface area contributed by atoms with Crippen LogP contribution in [0.15, 0.2) is 49.1 Å². The van der Waals surface area contributed by atoms with Crippen molar-refractivity contribution in [2.24, 2.45) is 0 Å². The number of hydrogen-bond donors (Lipinski definition) is 1. The Kier molecular flexibility index (Phi) is 2.72. The lowest BCUT2D eigenvalue weighted by Crippen LogP contribution is -2.26. The highest BCUT2D eigenvalue weighted by atomic mass is 16.2. The van der Waals surface area contributed by atoms with Gasteiger partial charge in [-0.3, -0.25) is 9.78 Å². The molecule has 1 amide bonds. The standard InChI is InChI=1S/C14H12N4O/c1-18(14(19)10-3-2-6-15-8-10)11-4-5-12-13(7-11)17-9-16-12/h2-9H,1H3,(H,16,17). The Morgan fingerprint density at radius 1 is 1.32 bits per heavy atom. The van der Waals surface area contributed by atoms with Crippen LogP contribution in [0.4, 0.5) is 5.69 Å². The highest BCUT2D eigenvalue weighted by molar-refractivity contribution is 6.06. The van der Waals surface area contributed by atoms with Gasteiger partial charge in [0.05, 0.1) is 22.9 Å². The van der Waals surface area contributed by atoms with E-state index in [0.29, 0.717) is 5.56 Å². The van der Waals surface area contributed by atoms with Crippen LogP contribution in [0.3, 0.4) is 0 Å². The van der Waals surface area contributed by atoms with Crippen LogP contribution < -0.4 is 4.90 Å². The third-order valence-electron chi connectivity index (χ3n) is 3.00. The van der Waals surface area contributed by atoms with Gasteiger partial charge in [-0.15, -0.1) is 0 Å². The number of hydrogen-bond acceptors (Lipinski definition) is 3. The summed E-state index contributed by atoms with van der Waals surface area (Å²) >= 11 is 0. The number of benzene rings is 1. The summed E-state index contributed by atoms with van der Waals surface area (Å²) in [6.07, 6.45) is 4.85. The maximum absolute atomic E-state index is 12.3. The highest BCUT2D eigenvalue weighted by Gasteiger charge is 2.13. The molecule has 3 rings (SSSR count). The minimum absolute atomic E-state index is 0.0908. The largest absolute Gasteiger partial charge is 0.345 e. The average Bonchev–Trinajstić information content (AvgIpc) is 2.94. The van der Waals surface area contributed by atoms with E-state index >= 15 is 0 Å². The SMILES string of the molecule is CN(C(=O)c1cccnc1)c1ccc2nc[nH]c2c1. The zero-order chi connectivity index (χ0) is 13.2. The maximum atomic E-state index is 12.3. The molecule has 19 heavy (non-hydrogen) atoms. The van der Waals surface area contributed by atoms with E-state index < -0.39 is 0 Å².